The number of aromatic nitrogens is 4. The van der Waals surface area contributed by atoms with Crippen LogP contribution in [0.1, 0.15) is 56.2 Å². The Morgan fingerprint density at radius 3 is 1.47 bits per heavy atom. The largest absolute Gasteiger partial charge is 0.494 e. The van der Waals surface area contributed by atoms with Crippen molar-refractivity contribution in [1.29, 1.82) is 5.26 Å². The third-order valence-corrected chi connectivity index (χ3v) is 10.6. The third-order valence-electron chi connectivity index (χ3n) is 9.07. The van der Waals surface area contributed by atoms with Gasteiger partial charge in [-0.25, -0.2) is 14.4 Å². The third kappa shape index (κ3) is 8.29. The Balaban J connectivity index is 0.000000204. The van der Waals surface area contributed by atoms with Gasteiger partial charge in [0.1, 0.15) is 57.1 Å². The number of nitrogens with zero attached hydrogens (tertiary/aromatic N) is 5. The van der Waals surface area contributed by atoms with Crippen molar-refractivity contribution in [1.82, 2.24) is 19.1 Å². The van der Waals surface area contributed by atoms with Crippen LogP contribution in [0.15, 0.2) is 69.6 Å². The second-order valence-electron chi connectivity index (χ2n) is 13.0. The van der Waals surface area contributed by atoms with Crippen LogP contribution in [-0.2, 0) is 22.6 Å². The van der Waals surface area contributed by atoms with Crippen LogP contribution in [-0.4, -0.2) is 60.8 Å². The zero-order chi connectivity index (χ0) is 38.4. The lowest BCUT2D eigenvalue weighted by atomic mass is 10.0. The highest BCUT2D eigenvalue weighted by atomic mass is 79.9. The van der Waals surface area contributed by atoms with Crippen LogP contribution < -0.4 is 9.47 Å². The van der Waals surface area contributed by atoms with Crippen LogP contribution >= 0.6 is 31.9 Å². The van der Waals surface area contributed by atoms with E-state index in [-0.39, 0.29) is 0 Å². The molecular weight excluding hydrogens is 805 g/mol. The highest BCUT2D eigenvalue weighted by molar-refractivity contribution is 9.11. The van der Waals surface area contributed by atoms with E-state index in [9.17, 15) is 9.65 Å². The van der Waals surface area contributed by atoms with Gasteiger partial charge in [0.25, 0.3) is 0 Å². The van der Waals surface area contributed by atoms with Gasteiger partial charge >= 0.3 is 0 Å². The molecule has 0 amide bonds. The van der Waals surface area contributed by atoms with E-state index in [1.165, 1.54) is 24.3 Å². The number of methoxy groups -OCH3 is 4. The summed E-state index contributed by atoms with van der Waals surface area (Å²) in [7, 11) is 6.47. The zero-order valence-corrected chi connectivity index (χ0v) is 34.4. The summed E-state index contributed by atoms with van der Waals surface area (Å²) in [4.78, 5) is 9.58. The van der Waals surface area contributed by atoms with Gasteiger partial charge in [-0.3, -0.25) is 0 Å². The lowest BCUT2D eigenvalue weighted by molar-refractivity contribution is 0.188. The van der Waals surface area contributed by atoms with Crippen LogP contribution in [0.25, 0.3) is 44.8 Å². The molecule has 0 bridgehead atoms. The first-order valence-electron chi connectivity index (χ1n) is 17.3. The molecule has 0 saturated heterocycles. The summed E-state index contributed by atoms with van der Waals surface area (Å²) in [6.45, 7) is 10.9. The van der Waals surface area contributed by atoms with Gasteiger partial charge < -0.3 is 28.1 Å². The second kappa shape index (κ2) is 17.7. The van der Waals surface area contributed by atoms with Crippen LogP contribution in [0.2, 0.25) is 0 Å². The standard InChI is InChI=1S/C21H22BrN3O2.C20H22BrFN2O2/c1-13(2)14-5-7-15(8-6-14)21-24-19-18(22)16(12-23)11-17(27-4)20(19)25(21)9-10-26-3;1-12(2)13-5-7-14(8-6-13)20-23-18-17(21)15(22)11-16(26-4)19(18)24(20)9-10-25-3/h5-8,11,13H,9-10H2,1-4H3;5-8,11-12H,9-10H2,1-4H3. The molecule has 0 spiro atoms. The van der Waals surface area contributed by atoms with E-state index in [2.05, 4.69) is 119 Å². The van der Waals surface area contributed by atoms with E-state index in [1.807, 2.05) is 4.57 Å². The maximum Gasteiger partial charge on any atom is 0.147 e. The molecular formula is C41H44Br2FN5O4. The fourth-order valence-electron chi connectivity index (χ4n) is 6.13. The van der Waals surface area contributed by atoms with Crippen LogP contribution in [0.5, 0.6) is 11.5 Å². The average molecular weight is 850 g/mol. The van der Waals surface area contributed by atoms with Gasteiger partial charge in [-0.05, 0) is 54.8 Å². The number of hydrogen-bond acceptors (Lipinski definition) is 7. The number of rotatable bonds is 12. The van der Waals surface area contributed by atoms with E-state index in [1.54, 1.807) is 27.4 Å². The normalized spacial score (nSPS) is 11.3. The molecule has 0 aliphatic rings. The monoisotopic (exact) mass is 847 g/mol. The number of benzene rings is 4. The second-order valence-corrected chi connectivity index (χ2v) is 14.6. The molecule has 0 unspecified atom stereocenters. The summed E-state index contributed by atoms with van der Waals surface area (Å²) < 4.78 is 40.9. The van der Waals surface area contributed by atoms with E-state index >= 15 is 0 Å². The molecule has 0 aliphatic carbocycles. The average Bonchev–Trinajstić information content (AvgIpc) is 3.75. The molecule has 2 aromatic heterocycles. The van der Waals surface area contributed by atoms with Crippen molar-refractivity contribution in [3.8, 4) is 40.3 Å². The predicted molar refractivity (Wildman–Crippen MR) is 215 cm³/mol. The Labute approximate surface area is 326 Å². The lowest BCUT2D eigenvalue weighted by Crippen LogP contribution is -2.07. The van der Waals surface area contributed by atoms with Crippen LogP contribution in [0.3, 0.4) is 0 Å². The fraction of sp³-hybridized carbons (Fsp3) is 0.341. The first kappa shape index (κ1) is 39.9. The van der Waals surface area contributed by atoms with Gasteiger partial charge in [0.2, 0.25) is 0 Å². The molecule has 0 radical (unpaired) electrons. The van der Waals surface area contributed by atoms with Crippen molar-refractivity contribution in [2.75, 3.05) is 41.7 Å². The van der Waals surface area contributed by atoms with Crippen molar-refractivity contribution in [3.05, 3.63) is 92.1 Å². The van der Waals surface area contributed by atoms with Crippen molar-refractivity contribution in [2.45, 2.75) is 52.6 Å². The molecule has 0 N–H and O–H groups in total. The van der Waals surface area contributed by atoms with Crippen molar-refractivity contribution >= 4 is 53.9 Å². The Morgan fingerprint density at radius 1 is 0.679 bits per heavy atom. The van der Waals surface area contributed by atoms with Gasteiger partial charge in [-0.1, -0.05) is 76.2 Å². The number of halogens is 3. The molecule has 2 heterocycles. The number of ether oxygens (including phenoxy) is 4. The minimum atomic E-state index is -0.396. The number of nitriles is 1. The first-order chi connectivity index (χ1) is 25.5. The molecule has 0 aliphatic heterocycles. The Morgan fingerprint density at radius 2 is 1.09 bits per heavy atom. The van der Waals surface area contributed by atoms with Gasteiger partial charge in [-0.15, -0.1) is 0 Å². The van der Waals surface area contributed by atoms with Crippen LogP contribution in [0.4, 0.5) is 4.39 Å². The summed E-state index contributed by atoms with van der Waals surface area (Å²) in [5, 5.41) is 9.42. The lowest BCUT2D eigenvalue weighted by Gasteiger charge is -2.12. The van der Waals surface area contributed by atoms with E-state index in [4.69, 9.17) is 28.9 Å². The van der Waals surface area contributed by atoms with Gasteiger partial charge in [0.05, 0.1) is 41.9 Å². The highest BCUT2D eigenvalue weighted by Gasteiger charge is 2.23. The molecule has 0 fully saturated rings. The quantitative estimate of drug-likeness (QED) is 0.121. The molecule has 0 saturated carbocycles. The molecule has 6 rings (SSSR count). The Bertz CT molecular complexity index is 2240. The summed E-state index contributed by atoms with van der Waals surface area (Å²) in [5.41, 5.74) is 7.88. The molecule has 4 aromatic carbocycles. The SMILES string of the molecule is COCCn1c(-c2ccc(C(C)C)cc2)nc2c(Br)c(C#N)cc(OC)c21.COCCn1c(-c2ccc(C(C)C)cc2)nc2c(Br)c(F)cc(OC)c21. The smallest absolute Gasteiger partial charge is 0.147 e. The van der Waals surface area contributed by atoms with Gasteiger partial charge in [0.15, 0.2) is 0 Å². The van der Waals surface area contributed by atoms with Gasteiger partial charge in [0, 0.05) is 50.6 Å². The van der Waals surface area contributed by atoms with E-state index < -0.39 is 5.82 Å². The molecule has 53 heavy (non-hydrogen) atoms. The van der Waals surface area contributed by atoms with Crippen molar-refractivity contribution < 1.29 is 23.3 Å². The number of fused-ring (bicyclic) bond motifs is 2. The summed E-state index contributed by atoms with van der Waals surface area (Å²) in [5.74, 6) is 3.20. The highest BCUT2D eigenvalue weighted by Crippen LogP contribution is 2.39. The predicted octanol–water partition coefficient (Wildman–Crippen LogP) is 10.5. The van der Waals surface area contributed by atoms with Crippen LogP contribution in [0, 0.1) is 17.1 Å². The fourth-order valence-corrected chi connectivity index (χ4v) is 7.00. The van der Waals surface area contributed by atoms with Gasteiger partial charge in [-0.2, -0.15) is 5.26 Å². The van der Waals surface area contributed by atoms with E-state index in [0.717, 1.165) is 33.8 Å². The number of hydrogen-bond donors (Lipinski definition) is 0. The summed E-state index contributed by atoms with van der Waals surface area (Å²) in [6.07, 6.45) is 0. The Hall–Kier alpha value is -4.28. The van der Waals surface area contributed by atoms with E-state index in [0.29, 0.717) is 75.2 Å². The molecule has 9 nitrogen and oxygen atoms in total. The minimum absolute atomic E-state index is 0.338. The molecule has 278 valence electrons. The molecule has 12 heteroatoms. The van der Waals surface area contributed by atoms with Crippen molar-refractivity contribution in [2.24, 2.45) is 0 Å². The first-order valence-corrected chi connectivity index (χ1v) is 18.9. The maximum absolute atomic E-state index is 14.2. The molecule has 6 aromatic rings. The zero-order valence-electron chi connectivity index (χ0n) is 31.3. The maximum atomic E-state index is 14.2. The summed E-state index contributed by atoms with van der Waals surface area (Å²) in [6, 6.07) is 22.1. The Kier molecular flexibility index (Phi) is 13.3. The summed E-state index contributed by atoms with van der Waals surface area (Å²) >= 11 is 6.86. The van der Waals surface area contributed by atoms with Crippen molar-refractivity contribution in [3.63, 3.8) is 0 Å². The number of imidazole rings is 2. The minimum Gasteiger partial charge on any atom is -0.494 e. The topological polar surface area (TPSA) is 96.4 Å². The molecule has 0 atom stereocenters.